The van der Waals surface area contributed by atoms with Gasteiger partial charge in [0.15, 0.2) is 6.10 Å². The number of nitrogens with zero attached hydrogens (tertiary/aromatic N) is 2. The van der Waals surface area contributed by atoms with Gasteiger partial charge in [0.25, 0.3) is 5.91 Å². The van der Waals surface area contributed by atoms with Crippen LogP contribution in [0.2, 0.25) is 0 Å². The first-order valence-electron chi connectivity index (χ1n) is 22.0. The van der Waals surface area contributed by atoms with Gasteiger partial charge >= 0.3 is 6.03 Å². The molecule has 4 aliphatic carbocycles. The number of fused-ring (bicyclic) bond motifs is 1. The van der Waals surface area contributed by atoms with E-state index >= 15 is 4.79 Å². The number of hydrogen-bond acceptors (Lipinski definition) is 7. The molecule has 316 valence electrons. The van der Waals surface area contributed by atoms with Gasteiger partial charge in [0, 0.05) is 31.1 Å². The molecule has 4 unspecified atom stereocenters. The van der Waals surface area contributed by atoms with E-state index in [9.17, 15) is 24.3 Å². The standard InChI is InChI=1S/C43H72N6O7/c1-8-14-28-24-30(28)45-36(52)33(50)29(15-9-2)44-35(51)31-25-43(41(6,7)42(43)18-13-19-42)26-49(31)38(54)34(40(3,4)5)47-39(55)46-32(27-16-11-10-12-17-27)37(53)48-20-22-56-23-21-48/h27-34,50H,8-26H2,1-7H3,(H,44,51)(H,45,52)(H2,46,47,55)/t28?,29?,30?,31-,32-,33?,34+,43+/m0/s1. The van der Waals surface area contributed by atoms with E-state index in [0.717, 1.165) is 70.6 Å². The van der Waals surface area contributed by atoms with E-state index in [1.165, 1.54) is 0 Å². The highest BCUT2D eigenvalue weighted by molar-refractivity contribution is 5.95. The summed E-state index contributed by atoms with van der Waals surface area (Å²) in [6.07, 6.45) is 11.1. The Hall–Kier alpha value is -2.93. The van der Waals surface area contributed by atoms with Crippen LogP contribution >= 0.6 is 0 Å². The third-order valence-corrected chi connectivity index (χ3v) is 15.3. The van der Waals surface area contributed by atoms with Crippen LogP contribution in [0, 0.1) is 33.5 Å². The zero-order valence-corrected chi connectivity index (χ0v) is 35.3. The third kappa shape index (κ3) is 8.06. The van der Waals surface area contributed by atoms with Crippen LogP contribution in [0.3, 0.4) is 0 Å². The molecule has 4 saturated carbocycles. The van der Waals surface area contributed by atoms with Crippen molar-refractivity contribution >= 4 is 29.7 Å². The minimum Gasteiger partial charge on any atom is -0.381 e. The number of aliphatic hydroxyl groups excluding tert-OH is 1. The van der Waals surface area contributed by atoms with Gasteiger partial charge in [-0.25, -0.2) is 4.79 Å². The maximum atomic E-state index is 15.0. The van der Waals surface area contributed by atoms with Gasteiger partial charge in [0.05, 0.1) is 19.3 Å². The molecule has 0 aromatic carbocycles. The number of carbonyl (C=O) groups excluding carboxylic acids is 5. The number of rotatable bonds is 14. The van der Waals surface area contributed by atoms with Crippen molar-refractivity contribution in [2.24, 2.45) is 33.5 Å². The van der Waals surface area contributed by atoms with E-state index in [-0.39, 0.29) is 45.9 Å². The average Bonchev–Trinajstić information content (AvgIpc) is 3.89. The van der Waals surface area contributed by atoms with Gasteiger partial charge < -0.3 is 40.9 Å². The molecule has 56 heavy (non-hydrogen) atoms. The number of amides is 6. The number of ether oxygens (including phenoxy) is 1. The van der Waals surface area contributed by atoms with Gasteiger partial charge in [0.2, 0.25) is 17.7 Å². The molecule has 6 rings (SSSR count). The van der Waals surface area contributed by atoms with E-state index in [1.54, 1.807) is 9.80 Å². The summed E-state index contributed by atoms with van der Waals surface area (Å²) in [7, 11) is 0. The molecule has 0 aromatic heterocycles. The summed E-state index contributed by atoms with van der Waals surface area (Å²) in [5.74, 6) is -0.854. The molecule has 0 bridgehead atoms. The zero-order chi connectivity index (χ0) is 40.6. The van der Waals surface area contributed by atoms with Crippen molar-refractivity contribution in [3.63, 3.8) is 0 Å². The van der Waals surface area contributed by atoms with Crippen LogP contribution in [0.1, 0.15) is 138 Å². The molecule has 13 nitrogen and oxygen atoms in total. The summed E-state index contributed by atoms with van der Waals surface area (Å²) >= 11 is 0. The summed E-state index contributed by atoms with van der Waals surface area (Å²) in [6, 6.07) is -3.85. The maximum absolute atomic E-state index is 15.0. The van der Waals surface area contributed by atoms with Gasteiger partial charge in [-0.1, -0.05) is 87.0 Å². The molecule has 6 aliphatic rings. The fraction of sp³-hybridized carbons (Fsp3) is 0.884. The Kier molecular flexibility index (Phi) is 12.8. The molecule has 2 heterocycles. The van der Waals surface area contributed by atoms with E-state index in [1.807, 2.05) is 27.7 Å². The molecule has 2 spiro atoms. The average molecular weight is 785 g/mol. The normalized spacial score (nSPS) is 30.1. The minimum absolute atomic E-state index is 0.00598. The predicted molar refractivity (Wildman–Crippen MR) is 213 cm³/mol. The largest absolute Gasteiger partial charge is 0.381 e. The van der Waals surface area contributed by atoms with Gasteiger partial charge in [-0.2, -0.15) is 0 Å². The second-order valence-electron chi connectivity index (χ2n) is 19.8. The summed E-state index contributed by atoms with van der Waals surface area (Å²) in [5.41, 5.74) is -1.02. The number of hydrogen-bond donors (Lipinski definition) is 5. The number of nitrogens with one attached hydrogen (secondary N) is 4. The lowest BCUT2D eigenvalue weighted by Gasteiger charge is -2.38. The lowest BCUT2D eigenvalue weighted by molar-refractivity contribution is -0.143. The molecule has 2 aliphatic heterocycles. The maximum Gasteiger partial charge on any atom is 0.316 e. The van der Waals surface area contributed by atoms with Crippen molar-refractivity contribution in [3.8, 4) is 0 Å². The third-order valence-electron chi connectivity index (χ3n) is 15.3. The Balaban J connectivity index is 1.21. The minimum atomic E-state index is -1.42. The first-order chi connectivity index (χ1) is 26.5. The van der Waals surface area contributed by atoms with Gasteiger partial charge in [0.1, 0.15) is 18.1 Å². The molecular formula is C43H72N6O7. The topological polar surface area (TPSA) is 169 Å². The van der Waals surface area contributed by atoms with Crippen LogP contribution in [-0.2, 0) is 23.9 Å². The monoisotopic (exact) mass is 785 g/mol. The van der Waals surface area contributed by atoms with Crippen LogP contribution < -0.4 is 21.3 Å². The second kappa shape index (κ2) is 16.7. The zero-order valence-electron chi connectivity index (χ0n) is 35.3. The van der Waals surface area contributed by atoms with Crippen LogP contribution in [0.15, 0.2) is 0 Å². The Morgan fingerprint density at radius 1 is 0.875 bits per heavy atom. The number of likely N-dealkylation sites (tertiary alicyclic amines) is 1. The Bertz CT molecular complexity index is 1460. The molecule has 2 saturated heterocycles. The fourth-order valence-corrected chi connectivity index (χ4v) is 11.5. The van der Waals surface area contributed by atoms with E-state index in [4.69, 9.17) is 4.74 Å². The van der Waals surface area contributed by atoms with Crippen LogP contribution in [-0.4, -0.2) is 114 Å². The molecule has 0 radical (unpaired) electrons. The van der Waals surface area contributed by atoms with Crippen molar-refractivity contribution in [1.29, 1.82) is 0 Å². The van der Waals surface area contributed by atoms with Crippen LogP contribution in [0.25, 0.3) is 0 Å². The van der Waals surface area contributed by atoms with Crippen molar-refractivity contribution in [2.45, 2.75) is 175 Å². The number of urea groups is 1. The second-order valence-corrected chi connectivity index (χ2v) is 19.8. The molecule has 8 atom stereocenters. The van der Waals surface area contributed by atoms with Crippen molar-refractivity contribution in [2.75, 3.05) is 32.8 Å². The number of carbonyl (C=O) groups is 5. The highest BCUT2D eigenvalue weighted by atomic mass is 16.5. The highest BCUT2D eigenvalue weighted by Crippen LogP contribution is 2.88. The van der Waals surface area contributed by atoms with E-state index in [0.29, 0.717) is 58.0 Å². The summed E-state index contributed by atoms with van der Waals surface area (Å²) < 4.78 is 5.49. The number of aliphatic hydroxyl groups is 1. The smallest absolute Gasteiger partial charge is 0.316 e. The van der Waals surface area contributed by atoms with Crippen LogP contribution in [0.5, 0.6) is 0 Å². The Morgan fingerprint density at radius 3 is 2.12 bits per heavy atom. The number of morpholine rings is 1. The first-order valence-corrected chi connectivity index (χ1v) is 22.0. The molecule has 13 heteroatoms. The predicted octanol–water partition coefficient (Wildman–Crippen LogP) is 4.26. The molecule has 6 fully saturated rings. The lowest BCUT2D eigenvalue weighted by Crippen LogP contribution is -2.62. The molecule has 0 aromatic rings. The van der Waals surface area contributed by atoms with Crippen LogP contribution in [0.4, 0.5) is 4.79 Å². The van der Waals surface area contributed by atoms with Crippen molar-refractivity contribution in [1.82, 2.24) is 31.1 Å². The summed E-state index contributed by atoms with van der Waals surface area (Å²) in [4.78, 5) is 74.2. The van der Waals surface area contributed by atoms with Gasteiger partial charge in [-0.3, -0.25) is 19.2 Å². The van der Waals surface area contributed by atoms with Crippen molar-refractivity contribution < 1.29 is 33.8 Å². The van der Waals surface area contributed by atoms with E-state index < -0.39 is 47.6 Å². The summed E-state index contributed by atoms with van der Waals surface area (Å²) in [5, 5.41) is 23.4. The summed E-state index contributed by atoms with van der Waals surface area (Å²) in [6.45, 7) is 16.6. The van der Waals surface area contributed by atoms with Gasteiger partial charge in [-0.15, -0.1) is 0 Å². The molecular weight excluding hydrogens is 713 g/mol. The SMILES string of the molecule is CCCC1CC1NC(=O)C(O)C(CCC)NC(=O)[C@@H]1C[C@@]2(CN1C(=O)[C@@H](NC(=O)N[C@H](C(=O)N1CCOCC1)C1CCCCC1)C(C)(C)C)C(C)(C)C21CCC1. The fourth-order valence-electron chi connectivity index (χ4n) is 11.5. The highest BCUT2D eigenvalue weighted by Gasteiger charge is 2.85. The molecule has 5 N–H and O–H groups in total. The Labute approximate surface area is 334 Å². The first kappa shape index (κ1) is 42.7. The Morgan fingerprint density at radius 2 is 1.55 bits per heavy atom. The molecule has 6 amide bonds. The van der Waals surface area contributed by atoms with Crippen molar-refractivity contribution in [3.05, 3.63) is 0 Å². The van der Waals surface area contributed by atoms with Gasteiger partial charge in [-0.05, 0) is 79.4 Å². The van der Waals surface area contributed by atoms with E-state index in [2.05, 4.69) is 42.0 Å². The lowest BCUT2D eigenvalue weighted by atomic mass is 9.73. The quantitative estimate of drug-likeness (QED) is 0.175.